The molecule has 3 aromatic rings. The second-order valence-corrected chi connectivity index (χ2v) is 12.5. The summed E-state index contributed by atoms with van der Waals surface area (Å²) in [6.45, 7) is 9.31. The Balaban J connectivity index is 1.11. The summed E-state index contributed by atoms with van der Waals surface area (Å²) in [5.74, 6) is 0.472. The van der Waals surface area contributed by atoms with Crippen LogP contribution in [-0.4, -0.2) is 80.3 Å². The maximum Gasteiger partial charge on any atom is 0.261 e. The van der Waals surface area contributed by atoms with Crippen LogP contribution in [0.25, 0.3) is 0 Å². The van der Waals surface area contributed by atoms with Crippen molar-refractivity contribution in [3.05, 3.63) is 77.9 Å². The van der Waals surface area contributed by atoms with Gasteiger partial charge in [-0.2, -0.15) is 0 Å². The number of benzene rings is 3. The van der Waals surface area contributed by atoms with Gasteiger partial charge in [0.1, 0.15) is 11.5 Å². The lowest BCUT2D eigenvalue weighted by Crippen LogP contribution is -2.50. The van der Waals surface area contributed by atoms with Gasteiger partial charge in [-0.1, -0.05) is 19.1 Å². The summed E-state index contributed by atoms with van der Waals surface area (Å²) in [6.07, 6.45) is 4.19. The second kappa shape index (κ2) is 12.5. The van der Waals surface area contributed by atoms with Crippen LogP contribution in [0.3, 0.4) is 0 Å². The van der Waals surface area contributed by atoms with Gasteiger partial charge in [0.15, 0.2) is 0 Å². The van der Waals surface area contributed by atoms with E-state index in [4.69, 9.17) is 0 Å². The first-order chi connectivity index (χ1) is 19.3. The second-order valence-electron chi connectivity index (χ2n) is 10.8. The molecule has 3 aromatic carbocycles. The number of hydrogen-bond donors (Lipinski definition) is 3. The molecule has 0 unspecified atom stereocenters. The fourth-order valence-corrected chi connectivity index (χ4v) is 6.98. The van der Waals surface area contributed by atoms with Crippen LogP contribution < -0.4 is 9.62 Å². The molecule has 1 aliphatic heterocycles. The van der Waals surface area contributed by atoms with E-state index in [-0.39, 0.29) is 10.6 Å². The van der Waals surface area contributed by atoms with Crippen LogP contribution in [0.2, 0.25) is 0 Å². The zero-order chi connectivity index (χ0) is 28.1. The van der Waals surface area contributed by atoms with E-state index in [1.54, 1.807) is 18.2 Å². The molecule has 2 aliphatic rings. The largest absolute Gasteiger partial charge is 0.508 e. The fraction of sp³-hybridized carbons (Fsp3) is 0.419. The lowest BCUT2D eigenvalue weighted by molar-refractivity contribution is 0.145. The molecular weight excluding hydrogens is 524 g/mol. The Morgan fingerprint density at radius 3 is 2.35 bits per heavy atom. The van der Waals surface area contributed by atoms with E-state index in [0.717, 1.165) is 82.7 Å². The predicted octanol–water partition coefficient (Wildman–Crippen LogP) is 4.29. The molecule has 1 fully saturated rings. The number of rotatable bonds is 10. The normalized spacial score (nSPS) is 18.1. The Bertz CT molecular complexity index is 1370. The molecule has 0 aromatic heterocycles. The first kappa shape index (κ1) is 28.3. The van der Waals surface area contributed by atoms with Gasteiger partial charge >= 0.3 is 0 Å². The summed E-state index contributed by atoms with van der Waals surface area (Å²) in [7, 11) is -3.71. The first-order valence-electron chi connectivity index (χ1n) is 14.3. The number of piperazine rings is 1. The van der Waals surface area contributed by atoms with Gasteiger partial charge < -0.3 is 15.1 Å². The topological polar surface area (TPSA) is 96.4 Å². The van der Waals surface area contributed by atoms with Crippen LogP contribution in [0, 0.1) is 0 Å². The summed E-state index contributed by atoms with van der Waals surface area (Å²) >= 11 is 0. The third-order valence-electron chi connectivity index (χ3n) is 8.17. The van der Waals surface area contributed by atoms with Crippen LogP contribution in [0.15, 0.2) is 71.6 Å². The van der Waals surface area contributed by atoms with Crippen LogP contribution in [0.1, 0.15) is 30.9 Å². The van der Waals surface area contributed by atoms with Gasteiger partial charge in [0, 0.05) is 56.7 Å². The van der Waals surface area contributed by atoms with E-state index in [0.29, 0.717) is 17.5 Å². The number of nitrogens with zero attached hydrogens (tertiary/aromatic N) is 3. The summed E-state index contributed by atoms with van der Waals surface area (Å²) in [4.78, 5) is 7.65. The van der Waals surface area contributed by atoms with Crippen LogP contribution in [0.4, 0.5) is 11.4 Å². The average Bonchev–Trinajstić information content (AvgIpc) is 2.96. The molecule has 0 bridgehead atoms. The number of sulfonamides is 1. The molecular formula is C31H40N4O4S. The molecule has 0 radical (unpaired) electrons. The Morgan fingerprint density at radius 2 is 1.65 bits per heavy atom. The Morgan fingerprint density at radius 1 is 0.925 bits per heavy atom. The lowest BCUT2D eigenvalue weighted by atomic mass is 9.87. The predicted molar refractivity (Wildman–Crippen MR) is 160 cm³/mol. The van der Waals surface area contributed by atoms with Crippen molar-refractivity contribution in [1.82, 2.24) is 9.80 Å². The summed E-state index contributed by atoms with van der Waals surface area (Å²) in [6, 6.07) is 19.5. The van der Waals surface area contributed by atoms with Gasteiger partial charge in [-0.3, -0.25) is 14.5 Å². The molecule has 0 spiro atoms. The van der Waals surface area contributed by atoms with Gasteiger partial charge in [0.2, 0.25) is 0 Å². The molecule has 5 rings (SSSR count). The van der Waals surface area contributed by atoms with Crippen molar-refractivity contribution >= 4 is 21.4 Å². The summed E-state index contributed by atoms with van der Waals surface area (Å²) < 4.78 is 27.9. The molecule has 1 atom stereocenters. The molecule has 8 nitrogen and oxygen atoms in total. The van der Waals surface area contributed by atoms with E-state index < -0.39 is 10.0 Å². The summed E-state index contributed by atoms with van der Waals surface area (Å²) in [5.41, 5.74) is 4.02. The maximum absolute atomic E-state index is 12.6. The smallest absolute Gasteiger partial charge is 0.261 e. The molecule has 0 saturated carbocycles. The number of phenols is 2. The fourth-order valence-electron chi connectivity index (χ4n) is 5.92. The van der Waals surface area contributed by atoms with Crippen LogP contribution >= 0.6 is 0 Å². The molecule has 214 valence electrons. The van der Waals surface area contributed by atoms with Crippen molar-refractivity contribution in [1.29, 1.82) is 0 Å². The quantitative estimate of drug-likeness (QED) is 0.338. The van der Waals surface area contributed by atoms with Gasteiger partial charge in [-0.05, 0) is 98.0 Å². The van der Waals surface area contributed by atoms with E-state index in [2.05, 4.69) is 32.4 Å². The Hall–Kier alpha value is -3.27. The molecule has 1 heterocycles. The molecule has 1 saturated heterocycles. The highest BCUT2D eigenvalue weighted by Gasteiger charge is 2.26. The number of nitrogens with one attached hydrogen (secondary N) is 1. The molecule has 0 amide bonds. The van der Waals surface area contributed by atoms with Crippen molar-refractivity contribution < 1.29 is 18.6 Å². The van der Waals surface area contributed by atoms with Gasteiger partial charge in [0.25, 0.3) is 10.0 Å². The minimum atomic E-state index is -3.71. The van der Waals surface area contributed by atoms with Crippen molar-refractivity contribution in [2.45, 2.75) is 43.5 Å². The molecule has 40 heavy (non-hydrogen) atoms. The number of hydrogen-bond acceptors (Lipinski definition) is 7. The highest BCUT2D eigenvalue weighted by atomic mass is 32.2. The average molecular weight is 565 g/mol. The zero-order valence-corrected chi connectivity index (χ0v) is 24.0. The number of phenolic OH excluding ortho intramolecular Hbond substituents is 2. The number of anilines is 2. The van der Waals surface area contributed by atoms with Crippen LogP contribution in [-0.2, 0) is 22.9 Å². The van der Waals surface area contributed by atoms with Crippen molar-refractivity contribution in [3.63, 3.8) is 0 Å². The maximum atomic E-state index is 12.6. The highest BCUT2D eigenvalue weighted by Crippen LogP contribution is 2.31. The third kappa shape index (κ3) is 6.71. The molecule has 1 aliphatic carbocycles. The molecule has 9 heteroatoms. The van der Waals surface area contributed by atoms with Crippen molar-refractivity contribution in [3.8, 4) is 11.5 Å². The minimum absolute atomic E-state index is 0.0268. The highest BCUT2D eigenvalue weighted by molar-refractivity contribution is 7.92. The van der Waals surface area contributed by atoms with E-state index in [9.17, 15) is 18.6 Å². The number of aromatic hydroxyl groups is 2. The van der Waals surface area contributed by atoms with Crippen molar-refractivity contribution in [2.75, 3.05) is 55.4 Å². The van der Waals surface area contributed by atoms with E-state index in [1.165, 1.54) is 29.8 Å². The lowest BCUT2D eigenvalue weighted by Gasteiger charge is -2.39. The third-order valence-corrected chi connectivity index (χ3v) is 9.56. The zero-order valence-electron chi connectivity index (χ0n) is 23.2. The van der Waals surface area contributed by atoms with Crippen molar-refractivity contribution in [2.24, 2.45) is 0 Å². The van der Waals surface area contributed by atoms with Gasteiger partial charge in [0.05, 0.1) is 4.90 Å². The monoisotopic (exact) mass is 564 g/mol. The van der Waals surface area contributed by atoms with E-state index >= 15 is 0 Å². The van der Waals surface area contributed by atoms with Gasteiger partial charge in [-0.25, -0.2) is 8.42 Å². The van der Waals surface area contributed by atoms with E-state index in [1.807, 2.05) is 18.2 Å². The summed E-state index contributed by atoms with van der Waals surface area (Å²) in [5, 5.41) is 19.6. The number of fused-ring (bicyclic) bond motifs is 1. The molecule has 3 N–H and O–H groups in total. The van der Waals surface area contributed by atoms with Gasteiger partial charge in [-0.15, -0.1) is 0 Å². The standard InChI is InChI=1S/C31H40N4O4S/c1-2-16-34(27-10-15-30-24(23-27)4-3-5-31(30)37)20-17-33-18-21-35(22-19-33)26-8-6-25(7-9-26)32-40(38,39)29-13-11-28(36)12-14-29/h3-9,11-14,27,32,36-37H,2,10,15-23H2,1H3/t27-/m0/s1. The Kier molecular flexibility index (Phi) is 8.83. The SMILES string of the molecule is CCCN(CCN1CCN(c2ccc(NS(=O)(=O)c3ccc(O)cc3)cc2)CC1)[C@H]1CCc2c(O)cccc2C1. The first-order valence-corrected chi connectivity index (χ1v) is 15.7. The Labute approximate surface area is 237 Å². The minimum Gasteiger partial charge on any atom is -0.508 e. The van der Waals surface area contributed by atoms with Crippen LogP contribution in [0.5, 0.6) is 11.5 Å².